The molecule has 3 aromatic rings. The third-order valence-corrected chi connectivity index (χ3v) is 5.70. The number of pyridine rings is 1. The number of rotatable bonds is 4. The van der Waals surface area contributed by atoms with Gasteiger partial charge in [0.15, 0.2) is 0 Å². The molecular formula is C22H25FN4. The number of benzene rings is 1. The zero-order valence-corrected chi connectivity index (χ0v) is 15.9. The maximum atomic E-state index is 15.1. The van der Waals surface area contributed by atoms with Gasteiger partial charge in [-0.1, -0.05) is 25.1 Å². The molecule has 2 heterocycles. The Labute approximate surface area is 159 Å². The average molecular weight is 364 g/mol. The minimum absolute atomic E-state index is 0.424. The van der Waals surface area contributed by atoms with Crippen molar-refractivity contribution in [3.05, 3.63) is 54.8 Å². The van der Waals surface area contributed by atoms with Gasteiger partial charge in [-0.2, -0.15) is 0 Å². The molecular weight excluding hydrogens is 339 g/mol. The van der Waals surface area contributed by atoms with Crippen LogP contribution >= 0.6 is 0 Å². The summed E-state index contributed by atoms with van der Waals surface area (Å²) in [6, 6.07) is 8.20. The SMILES string of the molecule is C=C(Nc1cc2cc(-c3cnc(C)n3C)ccc2cn1)C1(F)CCCCC1. The summed E-state index contributed by atoms with van der Waals surface area (Å²) in [7, 11) is 2.01. The van der Waals surface area contributed by atoms with E-state index in [0.717, 1.165) is 47.1 Å². The predicted octanol–water partition coefficient (Wildman–Crippen LogP) is 5.54. The van der Waals surface area contributed by atoms with Crippen molar-refractivity contribution < 1.29 is 4.39 Å². The molecule has 4 rings (SSSR count). The predicted molar refractivity (Wildman–Crippen MR) is 108 cm³/mol. The Morgan fingerprint density at radius 3 is 2.59 bits per heavy atom. The van der Waals surface area contributed by atoms with Crippen molar-refractivity contribution in [1.82, 2.24) is 14.5 Å². The van der Waals surface area contributed by atoms with Crippen LogP contribution in [0.5, 0.6) is 0 Å². The number of hydrogen-bond donors (Lipinski definition) is 1. The average Bonchev–Trinajstić information content (AvgIpc) is 3.00. The fraction of sp³-hybridized carbons (Fsp3) is 0.364. The summed E-state index contributed by atoms with van der Waals surface area (Å²) in [5.41, 5.74) is 1.25. The standard InChI is InChI=1S/C22H25FN4/c1-15(22(23)9-5-4-6-10-22)26-21-12-19-11-17(7-8-18(19)13-25-21)20-14-24-16(2)27(20)3/h7-8,11-14H,1,4-6,9-10H2,2-3H3,(H,25,26). The fourth-order valence-electron chi connectivity index (χ4n) is 3.82. The Kier molecular flexibility index (Phi) is 4.46. The number of fused-ring (bicyclic) bond motifs is 1. The van der Waals surface area contributed by atoms with Crippen molar-refractivity contribution in [1.29, 1.82) is 0 Å². The number of aromatic nitrogens is 3. The van der Waals surface area contributed by atoms with Gasteiger partial charge in [0, 0.05) is 29.9 Å². The van der Waals surface area contributed by atoms with Crippen molar-refractivity contribution in [2.75, 3.05) is 5.32 Å². The van der Waals surface area contributed by atoms with E-state index < -0.39 is 5.67 Å². The van der Waals surface area contributed by atoms with Crippen LogP contribution in [0.1, 0.15) is 37.9 Å². The van der Waals surface area contributed by atoms with Crippen LogP contribution < -0.4 is 5.32 Å². The Morgan fingerprint density at radius 1 is 1.11 bits per heavy atom. The van der Waals surface area contributed by atoms with Crippen molar-refractivity contribution in [3.63, 3.8) is 0 Å². The highest BCUT2D eigenvalue weighted by atomic mass is 19.1. The first-order chi connectivity index (χ1) is 13.0. The molecule has 4 nitrogen and oxygen atoms in total. The maximum Gasteiger partial charge on any atom is 0.150 e. The van der Waals surface area contributed by atoms with Gasteiger partial charge in [-0.15, -0.1) is 0 Å². The number of anilines is 1. The van der Waals surface area contributed by atoms with Crippen LogP contribution in [-0.2, 0) is 7.05 Å². The summed E-state index contributed by atoms with van der Waals surface area (Å²) >= 11 is 0. The molecule has 27 heavy (non-hydrogen) atoms. The molecule has 0 amide bonds. The lowest BCUT2D eigenvalue weighted by Gasteiger charge is -2.31. The largest absolute Gasteiger partial charge is 0.341 e. The lowest BCUT2D eigenvalue weighted by atomic mass is 9.84. The number of imidazole rings is 1. The van der Waals surface area contributed by atoms with Gasteiger partial charge in [0.25, 0.3) is 0 Å². The summed E-state index contributed by atoms with van der Waals surface area (Å²) < 4.78 is 17.2. The van der Waals surface area contributed by atoms with E-state index in [9.17, 15) is 0 Å². The molecule has 140 valence electrons. The zero-order chi connectivity index (χ0) is 19.0. The number of halogens is 1. The van der Waals surface area contributed by atoms with Crippen molar-refractivity contribution in [3.8, 4) is 11.3 Å². The lowest BCUT2D eigenvalue weighted by molar-refractivity contribution is 0.151. The van der Waals surface area contributed by atoms with Crippen molar-refractivity contribution in [2.45, 2.75) is 44.7 Å². The number of allylic oxidation sites excluding steroid dienone is 1. The molecule has 0 spiro atoms. The summed E-state index contributed by atoms with van der Waals surface area (Å²) in [4.78, 5) is 8.81. The summed E-state index contributed by atoms with van der Waals surface area (Å²) in [5, 5.41) is 5.21. The maximum absolute atomic E-state index is 15.1. The van der Waals surface area contributed by atoms with Gasteiger partial charge in [0.1, 0.15) is 17.3 Å². The Bertz CT molecular complexity index is 999. The molecule has 1 aliphatic rings. The Morgan fingerprint density at radius 2 is 1.89 bits per heavy atom. The molecule has 1 N–H and O–H groups in total. The van der Waals surface area contributed by atoms with Gasteiger partial charge in [-0.05, 0) is 50.1 Å². The number of aryl methyl sites for hydroxylation is 1. The Balaban J connectivity index is 1.63. The van der Waals surface area contributed by atoms with Gasteiger partial charge in [-0.3, -0.25) is 0 Å². The van der Waals surface area contributed by atoms with E-state index in [1.54, 1.807) is 0 Å². The zero-order valence-electron chi connectivity index (χ0n) is 15.9. The molecule has 0 aliphatic heterocycles. The Hall–Kier alpha value is -2.69. The van der Waals surface area contributed by atoms with Crippen LogP contribution in [0.25, 0.3) is 22.0 Å². The molecule has 2 aromatic heterocycles. The topological polar surface area (TPSA) is 42.7 Å². The summed E-state index contributed by atoms with van der Waals surface area (Å²) in [6.07, 6.45) is 7.70. The van der Waals surface area contributed by atoms with Crippen LogP contribution in [0.4, 0.5) is 10.2 Å². The monoisotopic (exact) mass is 364 g/mol. The van der Waals surface area contributed by atoms with Crippen molar-refractivity contribution in [2.24, 2.45) is 7.05 Å². The van der Waals surface area contributed by atoms with Gasteiger partial charge in [0.05, 0.1) is 11.9 Å². The minimum atomic E-state index is -1.33. The number of alkyl halides is 1. The second-order valence-corrected chi connectivity index (χ2v) is 7.51. The van der Waals surface area contributed by atoms with E-state index in [-0.39, 0.29) is 0 Å². The van der Waals surface area contributed by atoms with Gasteiger partial charge in [-0.25, -0.2) is 14.4 Å². The summed E-state index contributed by atoms with van der Waals surface area (Å²) in [5.74, 6) is 1.60. The van der Waals surface area contributed by atoms with E-state index >= 15 is 4.39 Å². The molecule has 1 aromatic carbocycles. The number of hydrogen-bond acceptors (Lipinski definition) is 3. The molecule has 0 unspecified atom stereocenters. The van der Waals surface area contributed by atoms with E-state index in [2.05, 4.69) is 44.6 Å². The second-order valence-electron chi connectivity index (χ2n) is 7.51. The third kappa shape index (κ3) is 3.34. The molecule has 0 radical (unpaired) electrons. The molecule has 1 aliphatic carbocycles. The highest BCUT2D eigenvalue weighted by molar-refractivity contribution is 5.88. The first kappa shape index (κ1) is 17.7. The molecule has 1 saturated carbocycles. The minimum Gasteiger partial charge on any atom is -0.341 e. The first-order valence-corrected chi connectivity index (χ1v) is 9.50. The first-order valence-electron chi connectivity index (χ1n) is 9.50. The second kappa shape index (κ2) is 6.80. The van der Waals surface area contributed by atoms with Crippen LogP contribution in [0.15, 0.2) is 48.9 Å². The number of nitrogens with zero attached hydrogens (tertiary/aromatic N) is 3. The smallest absolute Gasteiger partial charge is 0.150 e. The fourth-order valence-corrected chi connectivity index (χ4v) is 3.82. The van der Waals surface area contributed by atoms with E-state index in [0.29, 0.717) is 24.4 Å². The molecule has 1 fully saturated rings. The van der Waals surface area contributed by atoms with Gasteiger partial charge >= 0.3 is 0 Å². The third-order valence-electron chi connectivity index (χ3n) is 5.70. The summed E-state index contributed by atoms with van der Waals surface area (Å²) in [6.45, 7) is 5.95. The quantitative estimate of drug-likeness (QED) is 0.661. The molecule has 0 saturated heterocycles. The van der Waals surface area contributed by atoms with Crippen molar-refractivity contribution >= 4 is 16.6 Å². The van der Waals surface area contributed by atoms with E-state index in [1.165, 1.54) is 0 Å². The van der Waals surface area contributed by atoms with Crippen LogP contribution in [-0.4, -0.2) is 20.2 Å². The molecule has 0 bridgehead atoms. The van der Waals surface area contributed by atoms with Gasteiger partial charge in [0.2, 0.25) is 0 Å². The van der Waals surface area contributed by atoms with E-state index in [4.69, 9.17) is 0 Å². The lowest BCUT2D eigenvalue weighted by Crippen LogP contribution is -2.31. The van der Waals surface area contributed by atoms with E-state index in [1.807, 2.05) is 32.4 Å². The normalized spacial score (nSPS) is 16.4. The van der Waals surface area contributed by atoms with Crippen LogP contribution in [0.2, 0.25) is 0 Å². The molecule has 5 heteroatoms. The highest BCUT2D eigenvalue weighted by Gasteiger charge is 2.35. The molecule has 0 atom stereocenters. The van der Waals surface area contributed by atoms with Crippen LogP contribution in [0, 0.1) is 6.92 Å². The highest BCUT2D eigenvalue weighted by Crippen LogP contribution is 2.37. The van der Waals surface area contributed by atoms with Crippen LogP contribution in [0.3, 0.4) is 0 Å². The van der Waals surface area contributed by atoms with Gasteiger partial charge < -0.3 is 9.88 Å². The number of nitrogens with one attached hydrogen (secondary N) is 1.